The molecule has 2 rings (SSSR count). The van der Waals surface area contributed by atoms with Crippen molar-refractivity contribution in [2.75, 3.05) is 10.7 Å². The van der Waals surface area contributed by atoms with Crippen LogP contribution in [0.5, 0.6) is 0 Å². The molecule has 2 aromatic rings. The van der Waals surface area contributed by atoms with E-state index in [4.69, 9.17) is 40.6 Å². The molecule has 0 fully saturated rings. The number of halogens is 3. The Balaban J connectivity index is 2.37. The minimum absolute atomic E-state index is 0.347. The zero-order chi connectivity index (χ0) is 14.0. The van der Waals surface area contributed by atoms with Gasteiger partial charge in [-0.15, -0.1) is 0 Å². The summed E-state index contributed by atoms with van der Waals surface area (Å²) in [4.78, 5) is 4.21. The first-order chi connectivity index (χ1) is 9.01. The van der Waals surface area contributed by atoms with Crippen molar-refractivity contribution in [3.05, 3.63) is 44.9 Å². The molecule has 4 nitrogen and oxygen atoms in total. The summed E-state index contributed by atoms with van der Waals surface area (Å²) in [5, 5.41) is 4.54. The van der Waals surface area contributed by atoms with Crippen LogP contribution in [-0.2, 0) is 0 Å². The highest BCUT2D eigenvalue weighted by Crippen LogP contribution is 2.31. The molecule has 4 N–H and O–H groups in total. The number of aromatic nitrogens is 1. The van der Waals surface area contributed by atoms with Crippen LogP contribution < -0.4 is 16.6 Å². The Hall–Kier alpha value is -1.20. The first-order valence-corrected chi connectivity index (χ1v) is 6.50. The van der Waals surface area contributed by atoms with E-state index in [-0.39, 0.29) is 0 Å². The van der Waals surface area contributed by atoms with Gasteiger partial charge in [-0.1, -0.05) is 34.8 Å². The summed E-state index contributed by atoms with van der Waals surface area (Å²) in [6, 6.07) is 7.04. The van der Waals surface area contributed by atoms with Crippen LogP contribution in [0.2, 0.25) is 15.1 Å². The maximum absolute atomic E-state index is 6.09. The van der Waals surface area contributed by atoms with Crippen molar-refractivity contribution >= 4 is 52.1 Å². The molecule has 0 atom stereocenters. The number of nitrogen functional groups attached to an aromatic ring is 1. The van der Waals surface area contributed by atoms with Gasteiger partial charge in [0, 0.05) is 10.7 Å². The highest BCUT2D eigenvalue weighted by atomic mass is 35.5. The molecule has 0 unspecified atom stereocenters. The fraction of sp³-hybridized carbons (Fsp3) is 0.0833. The molecule has 7 heteroatoms. The van der Waals surface area contributed by atoms with E-state index in [0.29, 0.717) is 26.7 Å². The minimum Gasteiger partial charge on any atom is -0.339 e. The molecule has 0 bridgehead atoms. The summed E-state index contributed by atoms with van der Waals surface area (Å²) in [7, 11) is 0. The Labute approximate surface area is 125 Å². The van der Waals surface area contributed by atoms with Gasteiger partial charge < -0.3 is 10.7 Å². The maximum atomic E-state index is 6.09. The maximum Gasteiger partial charge on any atom is 0.161 e. The third kappa shape index (κ3) is 3.22. The van der Waals surface area contributed by atoms with Gasteiger partial charge in [0.05, 0.1) is 10.0 Å². The molecule has 0 radical (unpaired) electrons. The highest BCUT2D eigenvalue weighted by Gasteiger charge is 2.10. The van der Waals surface area contributed by atoms with Crippen LogP contribution in [0.15, 0.2) is 24.3 Å². The second-order valence-electron chi connectivity index (χ2n) is 3.88. The van der Waals surface area contributed by atoms with Gasteiger partial charge in [-0.2, -0.15) is 0 Å². The lowest BCUT2D eigenvalue weighted by atomic mass is 10.2. The number of benzene rings is 1. The number of aryl methyl sites for hydroxylation is 1. The fourth-order valence-electron chi connectivity index (χ4n) is 1.55. The van der Waals surface area contributed by atoms with Crippen molar-refractivity contribution < 1.29 is 0 Å². The largest absolute Gasteiger partial charge is 0.339 e. The quantitative estimate of drug-likeness (QED) is 0.580. The molecular formula is C12H11Cl3N4. The molecule has 0 saturated carbocycles. The summed E-state index contributed by atoms with van der Waals surface area (Å²) >= 11 is 17.9. The second-order valence-corrected chi connectivity index (χ2v) is 5.13. The summed E-state index contributed by atoms with van der Waals surface area (Å²) in [6.45, 7) is 1.93. The van der Waals surface area contributed by atoms with Crippen LogP contribution in [-0.4, -0.2) is 4.98 Å². The van der Waals surface area contributed by atoms with E-state index in [9.17, 15) is 0 Å². The van der Waals surface area contributed by atoms with E-state index in [1.165, 1.54) is 0 Å². The molecule has 1 aromatic heterocycles. The standard InChI is InChI=1S/C12H11Cl3N4/c1-6-4-7(13)2-3-10(6)17-11-8(14)5-9(15)12(18-11)19-16/h2-5H,16H2,1H3,(H2,17,18,19). The summed E-state index contributed by atoms with van der Waals surface area (Å²) in [6.07, 6.45) is 0. The number of hydrogen-bond acceptors (Lipinski definition) is 4. The number of hydrogen-bond donors (Lipinski definition) is 3. The van der Waals surface area contributed by atoms with Crippen molar-refractivity contribution in [1.29, 1.82) is 0 Å². The average Bonchev–Trinajstić information content (AvgIpc) is 2.35. The van der Waals surface area contributed by atoms with Crippen molar-refractivity contribution in [2.24, 2.45) is 5.84 Å². The molecule has 100 valence electrons. The third-order valence-corrected chi connectivity index (χ3v) is 3.32. The Morgan fingerprint density at radius 1 is 1.05 bits per heavy atom. The zero-order valence-electron chi connectivity index (χ0n) is 9.97. The number of nitrogens with zero attached hydrogens (tertiary/aromatic N) is 1. The first-order valence-electron chi connectivity index (χ1n) is 5.37. The van der Waals surface area contributed by atoms with Gasteiger partial charge in [0.1, 0.15) is 0 Å². The lowest BCUT2D eigenvalue weighted by Crippen LogP contribution is -2.10. The van der Waals surface area contributed by atoms with Gasteiger partial charge in [-0.05, 0) is 36.8 Å². The van der Waals surface area contributed by atoms with Gasteiger partial charge in [-0.25, -0.2) is 10.8 Å². The smallest absolute Gasteiger partial charge is 0.161 e. The predicted molar refractivity (Wildman–Crippen MR) is 81.5 cm³/mol. The Bertz CT molecular complexity index is 616. The number of pyridine rings is 1. The number of rotatable bonds is 3. The van der Waals surface area contributed by atoms with Gasteiger partial charge in [0.15, 0.2) is 11.6 Å². The topological polar surface area (TPSA) is 63.0 Å². The molecule has 0 saturated heterocycles. The summed E-state index contributed by atoms with van der Waals surface area (Å²) in [5.74, 6) is 6.14. The minimum atomic E-state index is 0.347. The van der Waals surface area contributed by atoms with Crippen molar-refractivity contribution in [3.8, 4) is 0 Å². The van der Waals surface area contributed by atoms with E-state index < -0.39 is 0 Å². The van der Waals surface area contributed by atoms with Crippen LogP contribution in [0.1, 0.15) is 5.56 Å². The Morgan fingerprint density at radius 2 is 1.74 bits per heavy atom. The van der Waals surface area contributed by atoms with Crippen LogP contribution in [0.3, 0.4) is 0 Å². The molecule has 0 aliphatic heterocycles. The monoisotopic (exact) mass is 316 g/mol. The molecule has 19 heavy (non-hydrogen) atoms. The number of nitrogens with two attached hydrogens (primary N) is 1. The molecular weight excluding hydrogens is 307 g/mol. The molecule has 0 aliphatic carbocycles. The van der Waals surface area contributed by atoms with Crippen molar-refractivity contribution in [3.63, 3.8) is 0 Å². The molecule has 0 spiro atoms. The van der Waals surface area contributed by atoms with Crippen LogP contribution >= 0.6 is 34.8 Å². The number of anilines is 3. The first kappa shape index (κ1) is 14.2. The predicted octanol–water partition coefficient (Wildman–Crippen LogP) is 4.38. The van der Waals surface area contributed by atoms with Crippen LogP contribution in [0, 0.1) is 6.92 Å². The van der Waals surface area contributed by atoms with Gasteiger partial charge in [-0.3, -0.25) is 0 Å². The summed E-state index contributed by atoms with van der Waals surface area (Å²) in [5.41, 5.74) is 4.24. The lowest BCUT2D eigenvalue weighted by Gasteiger charge is -2.12. The normalized spacial score (nSPS) is 10.4. The van der Waals surface area contributed by atoms with E-state index in [0.717, 1.165) is 11.3 Å². The molecule has 1 heterocycles. The summed E-state index contributed by atoms with van der Waals surface area (Å²) < 4.78 is 0. The molecule has 0 aliphatic rings. The van der Waals surface area contributed by atoms with Crippen molar-refractivity contribution in [2.45, 2.75) is 6.92 Å². The van der Waals surface area contributed by atoms with Crippen LogP contribution in [0.4, 0.5) is 17.3 Å². The Morgan fingerprint density at radius 3 is 2.37 bits per heavy atom. The van der Waals surface area contributed by atoms with E-state index in [1.54, 1.807) is 12.1 Å². The van der Waals surface area contributed by atoms with E-state index in [1.807, 2.05) is 19.1 Å². The van der Waals surface area contributed by atoms with Gasteiger partial charge in [0.25, 0.3) is 0 Å². The molecule has 0 amide bonds. The molecule has 1 aromatic carbocycles. The van der Waals surface area contributed by atoms with Gasteiger partial charge in [0.2, 0.25) is 0 Å². The van der Waals surface area contributed by atoms with Gasteiger partial charge >= 0.3 is 0 Å². The second kappa shape index (κ2) is 5.84. The number of hydrazine groups is 1. The lowest BCUT2D eigenvalue weighted by molar-refractivity contribution is 1.22. The SMILES string of the molecule is Cc1cc(Cl)ccc1Nc1nc(NN)c(Cl)cc1Cl. The third-order valence-electron chi connectivity index (χ3n) is 2.51. The van der Waals surface area contributed by atoms with Crippen molar-refractivity contribution in [1.82, 2.24) is 4.98 Å². The van der Waals surface area contributed by atoms with E-state index in [2.05, 4.69) is 15.7 Å². The highest BCUT2D eigenvalue weighted by molar-refractivity contribution is 6.37. The average molecular weight is 318 g/mol. The van der Waals surface area contributed by atoms with E-state index >= 15 is 0 Å². The fourth-order valence-corrected chi connectivity index (χ4v) is 2.24. The Kier molecular flexibility index (Phi) is 4.37. The van der Waals surface area contributed by atoms with Crippen LogP contribution in [0.25, 0.3) is 0 Å². The zero-order valence-corrected chi connectivity index (χ0v) is 12.2. The number of nitrogens with one attached hydrogen (secondary N) is 2.